The van der Waals surface area contributed by atoms with Crippen LogP contribution in [0.1, 0.15) is 60.4 Å². The van der Waals surface area contributed by atoms with E-state index in [-0.39, 0.29) is 11.9 Å². The molecule has 1 atom stereocenters. The molecule has 6 rings (SSSR count). The zero-order valence-electron chi connectivity index (χ0n) is 19.5. The molecule has 1 aliphatic carbocycles. The van der Waals surface area contributed by atoms with Crippen LogP contribution in [0.2, 0.25) is 0 Å². The Morgan fingerprint density at radius 3 is 2.62 bits per heavy atom. The summed E-state index contributed by atoms with van der Waals surface area (Å²) in [5, 5.41) is 11.0. The number of nitrogens with one attached hydrogen (secondary N) is 2. The molecule has 3 heterocycles. The van der Waals surface area contributed by atoms with Crippen molar-refractivity contribution >= 4 is 17.5 Å². The molecule has 2 aliphatic rings. The summed E-state index contributed by atoms with van der Waals surface area (Å²) in [5.74, 6) is 3.13. The van der Waals surface area contributed by atoms with Gasteiger partial charge in [0.05, 0.1) is 17.9 Å². The monoisotopic (exact) mass is 453 g/mol. The lowest BCUT2D eigenvalue weighted by Gasteiger charge is -2.09. The Hall–Kier alpha value is -3.94. The van der Waals surface area contributed by atoms with E-state index in [9.17, 15) is 4.79 Å². The van der Waals surface area contributed by atoms with Gasteiger partial charge >= 0.3 is 0 Å². The third kappa shape index (κ3) is 3.46. The standard InChI is InChI=1S/C26H27N7O/c1-4-33-26(29-19-11-12-20-21(13-19)15(2)28-25(20)34)30-23(31-33)17-7-5-16(6-8-17)22-14-27-24(32(22)3)18-9-10-18/h5-8,11-15,18H,4,9-10H2,1-3H3,(H,28,34)(H,29,30,31). The van der Waals surface area contributed by atoms with Crippen molar-refractivity contribution in [3.63, 3.8) is 0 Å². The number of imidazole rings is 1. The summed E-state index contributed by atoms with van der Waals surface area (Å²) in [6, 6.07) is 14.1. The molecule has 1 amide bonds. The number of benzene rings is 2. The molecule has 1 aliphatic heterocycles. The Morgan fingerprint density at radius 1 is 1.12 bits per heavy atom. The molecule has 0 radical (unpaired) electrons. The van der Waals surface area contributed by atoms with Crippen LogP contribution in [0.5, 0.6) is 0 Å². The van der Waals surface area contributed by atoms with Crippen LogP contribution in [0.25, 0.3) is 22.6 Å². The summed E-state index contributed by atoms with van der Waals surface area (Å²) in [7, 11) is 2.10. The summed E-state index contributed by atoms with van der Waals surface area (Å²) in [4.78, 5) is 21.4. The first-order valence-electron chi connectivity index (χ1n) is 11.8. The number of carbonyl (C=O) groups excluding carboxylic acids is 1. The lowest BCUT2D eigenvalue weighted by molar-refractivity contribution is 0.0958. The fraction of sp³-hybridized carbons (Fsp3) is 0.308. The van der Waals surface area contributed by atoms with E-state index < -0.39 is 0 Å². The van der Waals surface area contributed by atoms with E-state index in [1.165, 1.54) is 18.7 Å². The van der Waals surface area contributed by atoms with E-state index in [1.807, 2.05) is 42.9 Å². The molecule has 0 spiro atoms. The van der Waals surface area contributed by atoms with Crippen LogP contribution in [0.15, 0.2) is 48.7 Å². The lowest BCUT2D eigenvalue weighted by Crippen LogP contribution is -2.16. The summed E-state index contributed by atoms with van der Waals surface area (Å²) in [6.45, 7) is 4.72. The molecule has 1 saturated carbocycles. The van der Waals surface area contributed by atoms with Gasteiger partial charge in [-0.2, -0.15) is 4.98 Å². The maximum atomic E-state index is 12.0. The Labute approximate surface area is 198 Å². The van der Waals surface area contributed by atoms with Gasteiger partial charge in [0.1, 0.15) is 5.82 Å². The highest BCUT2D eigenvalue weighted by atomic mass is 16.2. The molecule has 0 saturated heterocycles. The third-order valence-electron chi connectivity index (χ3n) is 6.74. The van der Waals surface area contributed by atoms with Crippen molar-refractivity contribution in [3.8, 4) is 22.6 Å². The molecule has 2 aromatic carbocycles. The second-order valence-electron chi connectivity index (χ2n) is 9.11. The molecule has 8 nitrogen and oxygen atoms in total. The number of carbonyl (C=O) groups is 1. The second-order valence-corrected chi connectivity index (χ2v) is 9.11. The number of aromatic nitrogens is 5. The minimum Gasteiger partial charge on any atom is -0.345 e. The summed E-state index contributed by atoms with van der Waals surface area (Å²) < 4.78 is 4.06. The minimum absolute atomic E-state index is 0.00199. The van der Waals surface area contributed by atoms with Crippen molar-refractivity contribution in [2.45, 2.75) is 45.2 Å². The maximum Gasteiger partial charge on any atom is 0.252 e. The first-order valence-corrected chi connectivity index (χ1v) is 11.8. The summed E-state index contributed by atoms with van der Waals surface area (Å²) >= 11 is 0. The molecule has 0 bridgehead atoms. The average Bonchev–Trinajstić information content (AvgIpc) is 3.40. The zero-order chi connectivity index (χ0) is 23.4. The predicted octanol–water partition coefficient (Wildman–Crippen LogP) is 4.79. The Morgan fingerprint density at radius 2 is 1.88 bits per heavy atom. The van der Waals surface area contributed by atoms with Crippen LogP contribution in [0.4, 0.5) is 11.6 Å². The molecule has 1 fully saturated rings. The van der Waals surface area contributed by atoms with E-state index in [1.54, 1.807) is 0 Å². The number of aryl methyl sites for hydroxylation is 1. The smallest absolute Gasteiger partial charge is 0.252 e. The fourth-order valence-corrected chi connectivity index (χ4v) is 4.67. The van der Waals surface area contributed by atoms with Gasteiger partial charge in [0.25, 0.3) is 5.91 Å². The van der Waals surface area contributed by atoms with Gasteiger partial charge in [0.2, 0.25) is 5.95 Å². The fourth-order valence-electron chi connectivity index (χ4n) is 4.67. The molecule has 4 aromatic rings. The van der Waals surface area contributed by atoms with Crippen LogP contribution in [-0.2, 0) is 13.6 Å². The third-order valence-corrected chi connectivity index (χ3v) is 6.74. The number of hydrogen-bond donors (Lipinski definition) is 2. The SMILES string of the molecule is CCn1nc(-c2ccc(-c3cnc(C4CC4)n3C)cc2)nc1Nc1ccc2c(c1)C(C)NC2=O. The van der Waals surface area contributed by atoms with Gasteiger partial charge < -0.3 is 15.2 Å². The lowest BCUT2D eigenvalue weighted by atomic mass is 10.1. The van der Waals surface area contributed by atoms with Crippen molar-refractivity contribution in [2.75, 3.05) is 5.32 Å². The molecular weight excluding hydrogens is 426 g/mol. The Bertz CT molecular complexity index is 1400. The van der Waals surface area contributed by atoms with Gasteiger partial charge in [-0.3, -0.25) is 4.79 Å². The van der Waals surface area contributed by atoms with Crippen molar-refractivity contribution in [1.82, 2.24) is 29.6 Å². The number of fused-ring (bicyclic) bond motifs is 1. The van der Waals surface area contributed by atoms with Crippen molar-refractivity contribution in [3.05, 3.63) is 65.6 Å². The molecule has 172 valence electrons. The number of nitrogens with zero attached hydrogens (tertiary/aromatic N) is 5. The van der Waals surface area contributed by atoms with Crippen LogP contribution >= 0.6 is 0 Å². The molecule has 1 unspecified atom stereocenters. The number of hydrogen-bond acceptors (Lipinski definition) is 5. The average molecular weight is 454 g/mol. The van der Waals surface area contributed by atoms with Gasteiger partial charge in [-0.1, -0.05) is 24.3 Å². The van der Waals surface area contributed by atoms with E-state index in [4.69, 9.17) is 10.1 Å². The highest BCUT2D eigenvalue weighted by Crippen LogP contribution is 2.40. The first kappa shape index (κ1) is 20.7. The number of anilines is 2. The van der Waals surface area contributed by atoms with Crippen LogP contribution in [-0.4, -0.2) is 30.2 Å². The van der Waals surface area contributed by atoms with E-state index in [0.717, 1.165) is 33.6 Å². The maximum absolute atomic E-state index is 12.0. The predicted molar refractivity (Wildman–Crippen MR) is 131 cm³/mol. The highest BCUT2D eigenvalue weighted by molar-refractivity contribution is 5.99. The van der Waals surface area contributed by atoms with Gasteiger partial charge in [-0.15, -0.1) is 5.10 Å². The Kier molecular flexibility index (Phi) is 4.76. The van der Waals surface area contributed by atoms with E-state index >= 15 is 0 Å². The van der Waals surface area contributed by atoms with Crippen LogP contribution < -0.4 is 10.6 Å². The second kappa shape index (κ2) is 7.83. The first-order chi connectivity index (χ1) is 16.5. The van der Waals surface area contributed by atoms with Gasteiger partial charge in [-0.05, 0) is 56.0 Å². The van der Waals surface area contributed by atoms with Gasteiger partial charge in [0.15, 0.2) is 5.82 Å². The van der Waals surface area contributed by atoms with Crippen LogP contribution in [0.3, 0.4) is 0 Å². The highest BCUT2D eigenvalue weighted by Gasteiger charge is 2.28. The topological polar surface area (TPSA) is 89.7 Å². The van der Waals surface area contributed by atoms with E-state index in [0.29, 0.717) is 24.2 Å². The molecule has 2 N–H and O–H groups in total. The van der Waals surface area contributed by atoms with Crippen molar-refractivity contribution in [1.29, 1.82) is 0 Å². The van der Waals surface area contributed by atoms with Gasteiger partial charge in [-0.25, -0.2) is 9.67 Å². The van der Waals surface area contributed by atoms with Crippen molar-refractivity contribution in [2.24, 2.45) is 7.05 Å². The van der Waals surface area contributed by atoms with Gasteiger partial charge in [0, 0.05) is 36.3 Å². The van der Waals surface area contributed by atoms with Crippen molar-refractivity contribution < 1.29 is 4.79 Å². The zero-order valence-corrected chi connectivity index (χ0v) is 19.5. The quantitative estimate of drug-likeness (QED) is 0.438. The normalized spacial score (nSPS) is 17.0. The molecule has 8 heteroatoms. The summed E-state index contributed by atoms with van der Waals surface area (Å²) in [5.41, 5.74) is 5.83. The largest absolute Gasteiger partial charge is 0.345 e. The molecule has 2 aromatic heterocycles. The Balaban J connectivity index is 1.26. The molecular formula is C26H27N7O. The number of rotatable bonds is 6. The summed E-state index contributed by atoms with van der Waals surface area (Å²) in [6.07, 6.45) is 4.45. The molecule has 34 heavy (non-hydrogen) atoms. The number of amides is 1. The minimum atomic E-state index is -0.0219. The van der Waals surface area contributed by atoms with Crippen LogP contribution in [0, 0.1) is 0 Å². The van der Waals surface area contributed by atoms with E-state index in [2.05, 4.69) is 51.5 Å².